The molecule has 0 unspecified atom stereocenters. The van der Waals surface area contributed by atoms with Crippen LogP contribution in [0.3, 0.4) is 0 Å². The maximum atomic E-state index is 11.2. The van der Waals surface area contributed by atoms with Crippen molar-refractivity contribution in [3.63, 3.8) is 0 Å². The Morgan fingerprint density at radius 3 is 3.00 bits per heavy atom. The highest BCUT2D eigenvalue weighted by atomic mass is 127. The van der Waals surface area contributed by atoms with Crippen molar-refractivity contribution in [1.82, 2.24) is 5.32 Å². The van der Waals surface area contributed by atoms with Crippen LogP contribution in [-0.4, -0.2) is 5.91 Å². The fourth-order valence-corrected chi connectivity index (χ4v) is 1.87. The lowest BCUT2D eigenvalue weighted by atomic mass is 10.1. The largest absolute Gasteiger partial charge is 0.348 e. The molecule has 0 radical (unpaired) electrons. The van der Waals surface area contributed by atoms with E-state index in [1.165, 1.54) is 0 Å². The quantitative estimate of drug-likeness (QED) is 0.730. The van der Waals surface area contributed by atoms with Crippen molar-refractivity contribution < 1.29 is 4.79 Å². The van der Waals surface area contributed by atoms with E-state index in [0.717, 1.165) is 14.7 Å². The van der Waals surface area contributed by atoms with Gasteiger partial charge in [-0.05, 0) is 40.3 Å². The Labute approximate surface area is 88.4 Å². The zero-order chi connectivity index (χ0) is 8.72. The Bertz CT molecular complexity index is 364. The molecule has 4 heteroatoms. The number of fused-ring (bicyclic) bond motifs is 1. The van der Waals surface area contributed by atoms with E-state index in [1.807, 2.05) is 12.1 Å². The maximum absolute atomic E-state index is 11.2. The molecule has 0 aromatic heterocycles. The summed E-state index contributed by atoms with van der Waals surface area (Å²) in [6, 6.07) is 3.66. The zero-order valence-corrected chi connectivity index (χ0v) is 8.94. The fraction of sp³-hybridized carbons (Fsp3) is 0.125. The maximum Gasteiger partial charge on any atom is 0.251 e. The highest BCUT2D eigenvalue weighted by Gasteiger charge is 2.19. The summed E-state index contributed by atoms with van der Waals surface area (Å²) in [6.45, 7) is 0.602. The second-order valence-electron chi connectivity index (χ2n) is 2.61. The van der Waals surface area contributed by atoms with Crippen LogP contribution in [0.15, 0.2) is 12.1 Å². The summed E-state index contributed by atoms with van der Waals surface area (Å²) in [7, 11) is 0. The van der Waals surface area contributed by atoms with Gasteiger partial charge in [0.05, 0.1) is 5.02 Å². The first-order chi connectivity index (χ1) is 5.68. The monoisotopic (exact) mass is 293 g/mol. The Morgan fingerprint density at radius 1 is 1.50 bits per heavy atom. The number of carbonyl (C=O) groups is 1. The summed E-state index contributed by atoms with van der Waals surface area (Å²) in [4.78, 5) is 11.2. The number of nitrogens with one attached hydrogen (secondary N) is 1. The minimum absolute atomic E-state index is 0.000386. The van der Waals surface area contributed by atoms with Gasteiger partial charge >= 0.3 is 0 Å². The zero-order valence-electron chi connectivity index (χ0n) is 6.03. The van der Waals surface area contributed by atoms with E-state index in [9.17, 15) is 4.79 Å². The Kier molecular flexibility index (Phi) is 2.00. The number of rotatable bonds is 0. The van der Waals surface area contributed by atoms with Crippen molar-refractivity contribution in [2.24, 2.45) is 0 Å². The van der Waals surface area contributed by atoms with Crippen molar-refractivity contribution in [2.75, 3.05) is 0 Å². The molecule has 1 aromatic carbocycles. The van der Waals surface area contributed by atoms with Gasteiger partial charge in [0.1, 0.15) is 0 Å². The van der Waals surface area contributed by atoms with Gasteiger partial charge in [-0.1, -0.05) is 11.6 Å². The molecule has 0 aliphatic carbocycles. The smallest absolute Gasteiger partial charge is 0.251 e. The van der Waals surface area contributed by atoms with Crippen LogP contribution in [0.1, 0.15) is 15.9 Å². The molecule has 12 heavy (non-hydrogen) atoms. The highest BCUT2D eigenvalue weighted by Crippen LogP contribution is 2.25. The van der Waals surface area contributed by atoms with Crippen LogP contribution in [0, 0.1) is 3.57 Å². The molecule has 2 rings (SSSR count). The van der Waals surface area contributed by atoms with Crippen LogP contribution in [0.5, 0.6) is 0 Å². The van der Waals surface area contributed by atoms with Crippen molar-refractivity contribution >= 4 is 40.1 Å². The van der Waals surface area contributed by atoms with Crippen LogP contribution in [0.4, 0.5) is 0 Å². The third-order valence-corrected chi connectivity index (χ3v) is 3.35. The first-order valence-electron chi connectivity index (χ1n) is 3.44. The lowest BCUT2D eigenvalue weighted by molar-refractivity contribution is 0.0965. The number of carbonyl (C=O) groups excluding carboxylic acids is 1. The second-order valence-corrected chi connectivity index (χ2v) is 4.18. The number of hydrogen-bond donors (Lipinski definition) is 1. The van der Waals surface area contributed by atoms with E-state index in [2.05, 4.69) is 27.9 Å². The van der Waals surface area contributed by atoms with E-state index in [1.54, 1.807) is 0 Å². The molecule has 62 valence electrons. The van der Waals surface area contributed by atoms with Gasteiger partial charge in [0, 0.05) is 15.7 Å². The van der Waals surface area contributed by atoms with Gasteiger partial charge in [-0.3, -0.25) is 4.79 Å². The van der Waals surface area contributed by atoms with Crippen molar-refractivity contribution in [1.29, 1.82) is 0 Å². The Balaban J connectivity index is 2.63. The molecule has 0 spiro atoms. The lowest BCUT2D eigenvalue weighted by Crippen LogP contribution is -2.12. The van der Waals surface area contributed by atoms with Gasteiger partial charge in [0.2, 0.25) is 0 Å². The summed E-state index contributed by atoms with van der Waals surface area (Å²) in [5.74, 6) is -0.000386. The summed E-state index contributed by atoms with van der Waals surface area (Å²) in [6.07, 6.45) is 0. The van der Waals surface area contributed by atoms with E-state index >= 15 is 0 Å². The van der Waals surface area contributed by atoms with Crippen molar-refractivity contribution in [2.45, 2.75) is 6.54 Å². The van der Waals surface area contributed by atoms with E-state index in [4.69, 9.17) is 11.6 Å². The topological polar surface area (TPSA) is 29.1 Å². The second kappa shape index (κ2) is 2.88. The number of hydrogen-bond acceptors (Lipinski definition) is 1. The Morgan fingerprint density at radius 2 is 2.25 bits per heavy atom. The first-order valence-corrected chi connectivity index (χ1v) is 4.90. The molecule has 0 saturated heterocycles. The average Bonchev–Trinajstić information content (AvgIpc) is 2.35. The lowest BCUT2D eigenvalue weighted by Gasteiger charge is -1.98. The average molecular weight is 293 g/mol. The predicted octanol–water partition coefficient (Wildman–Crippen LogP) is 2.19. The molecular formula is C8H5ClINO. The molecular weight excluding hydrogens is 288 g/mol. The molecule has 0 fully saturated rings. The molecule has 1 aliphatic heterocycles. The number of benzene rings is 1. The molecule has 2 nitrogen and oxygen atoms in total. The molecule has 1 aromatic rings. The minimum atomic E-state index is -0.000386. The van der Waals surface area contributed by atoms with Gasteiger partial charge in [-0.25, -0.2) is 0 Å². The summed E-state index contributed by atoms with van der Waals surface area (Å²) in [5, 5.41) is 3.45. The van der Waals surface area contributed by atoms with Crippen LogP contribution >= 0.6 is 34.2 Å². The number of halogens is 2. The van der Waals surface area contributed by atoms with Gasteiger partial charge in [-0.2, -0.15) is 0 Å². The van der Waals surface area contributed by atoms with E-state index in [-0.39, 0.29) is 5.91 Å². The Hall–Kier alpha value is -0.290. The first kappa shape index (κ1) is 8.31. The van der Waals surface area contributed by atoms with Gasteiger partial charge in [-0.15, -0.1) is 0 Å². The van der Waals surface area contributed by atoms with Crippen molar-refractivity contribution in [3.8, 4) is 0 Å². The van der Waals surface area contributed by atoms with E-state index < -0.39 is 0 Å². The summed E-state index contributed by atoms with van der Waals surface area (Å²) >= 11 is 8.01. The van der Waals surface area contributed by atoms with Crippen molar-refractivity contribution in [3.05, 3.63) is 31.9 Å². The molecule has 1 amide bonds. The summed E-state index contributed by atoms with van der Waals surface area (Å²) in [5.41, 5.74) is 1.74. The third-order valence-electron chi connectivity index (χ3n) is 1.83. The van der Waals surface area contributed by atoms with Crippen LogP contribution in [0.2, 0.25) is 5.02 Å². The highest BCUT2D eigenvalue weighted by molar-refractivity contribution is 14.1. The van der Waals surface area contributed by atoms with E-state index in [0.29, 0.717) is 11.6 Å². The molecule has 0 atom stereocenters. The van der Waals surface area contributed by atoms with Crippen LogP contribution in [-0.2, 0) is 6.54 Å². The molecule has 1 N–H and O–H groups in total. The standard InChI is InChI=1S/C8H5ClINO/c9-6-1-4-3-11-8(12)5(4)2-7(6)10/h1-2H,3H2,(H,11,12). The van der Waals surface area contributed by atoms with Gasteiger partial charge in [0.25, 0.3) is 5.91 Å². The summed E-state index contributed by atoms with van der Waals surface area (Å²) < 4.78 is 0.921. The molecule has 0 saturated carbocycles. The SMILES string of the molecule is O=C1NCc2cc(Cl)c(I)cc21. The normalized spacial score (nSPS) is 14.3. The van der Waals surface area contributed by atoms with Crippen LogP contribution < -0.4 is 5.32 Å². The van der Waals surface area contributed by atoms with Gasteiger partial charge < -0.3 is 5.32 Å². The molecule has 1 aliphatic rings. The minimum Gasteiger partial charge on any atom is -0.348 e. The fourth-order valence-electron chi connectivity index (χ4n) is 1.22. The van der Waals surface area contributed by atoms with Crippen LogP contribution in [0.25, 0.3) is 0 Å². The molecule has 0 bridgehead atoms. The number of amides is 1. The third kappa shape index (κ3) is 1.21. The molecule has 1 heterocycles. The van der Waals surface area contributed by atoms with Gasteiger partial charge in [0.15, 0.2) is 0 Å². The predicted molar refractivity (Wildman–Crippen MR) is 55.3 cm³/mol.